The molecule has 0 fully saturated rings. The Hall–Kier alpha value is -0.770. The molecule has 0 aliphatic heterocycles. The summed E-state index contributed by atoms with van der Waals surface area (Å²) in [6.45, 7) is 0. The number of halogens is 2. The zero-order chi connectivity index (χ0) is 11.4. The molecule has 0 saturated carbocycles. The molecular weight excluding hydrogens is 263 g/mol. The van der Waals surface area contributed by atoms with Gasteiger partial charge in [-0.2, -0.15) is 0 Å². The third kappa shape index (κ3) is 3.11. The lowest BCUT2D eigenvalue weighted by atomic mass is 10.4. The maximum absolute atomic E-state index is 6.02. The van der Waals surface area contributed by atoms with Crippen LogP contribution in [0, 0.1) is 0 Å². The third-order valence-corrected chi connectivity index (χ3v) is 3.49. The van der Waals surface area contributed by atoms with Crippen molar-refractivity contribution in [2.24, 2.45) is 0 Å². The highest BCUT2D eigenvalue weighted by molar-refractivity contribution is 7.98. The molecule has 0 radical (unpaired) electrons. The lowest BCUT2D eigenvalue weighted by Gasteiger charge is -2.03. The van der Waals surface area contributed by atoms with Gasteiger partial charge in [-0.25, -0.2) is 4.98 Å². The number of pyridine rings is 2. The molecule has 2 rings (SSSR count). The number of hydrogen-bond acceptors (Lipinski definition) is 3. The van der Waals surface area contributed by atoms with E-state index < -0.39 is 0 Å². The van der Waals surface area contributed by atoms with Crippen molar-refractivity contribution in [2.45, 2.75) is 10.6 Å². The minimum atomic E-state index is 0.467. The molecule has 0 amide bonds. The quantitative estimate of drug-likeness (QED) is 0.621. The molecule has 0 aliphatic carbocycles. The summed E-state index contributed by atoms with van der Waals surface area (Å²) in [6, 6.07) is 7.34. The van der Waals surface area contributed by atoms with Crippen molar-refractivity contribution in [2.75, 3.05) is 0 Å². The first-order chi connectivity index (χ1) is 7.75. The van der Waals surface area contributed by atoms with Gasteiger partial charge in [0.15, 0.2) is 0 Å². The Morgan fingerprint density at radius 3 is 2.56 bits per heavy atom. The lowest BCUT2D eigenvalue weighted by molar-refractivity contribution is 1.17. The van der Waals surface area contributed by atoms with Crippen LogP contribution in [0.15, 0.2) is 41.6 Å². The molecule has 5 heteroatoms. The Morgan fingerprint density at radius 1 is 1.06 bits per heavy atom. The van der Waals surface area contributed by atoms with Crippen LogP contribution in [0.2, 0.25) is 10.2 Å². The van der Waals surface area contributed by atoms with E-state index in [2.05, 4.69) is 9.97 Å². The van der Waals surface area contributed by atoms with Crippen molar-refractivity contribution in [3.63, 3.8) is 0 Å². The number of aromatic nitrogens is 2. The lowest BCUT2D eigenvalue weighted by Crippen LogP contribution is -1.88. The van der Waals surface area contributed by atoms with Gasteiger partial charge in [-0.3, -0.25) is 4.98 Å². The Balaban J connectivity index is 2.08. The maximum Gasteiger partial charge on any atom is 0.129 e. The van der Waals surface area contributed by atoms with Crippen LogP contribution < -0.4 is 0 Å². The zero-order valence-corrected chi connectivity index (χ0v) is 10.6. The van der Waals surface area contributed by atoms with Gasteiger partial charge >= 0.3 is 0 Å². The molecular formula is C11H8Cl2N2S. The minimum absolute atomic E-state index is 0.467. The van der Waals surface area contributed by atoms with E-state index >= 15 is 0 Å². The highest BCUT2D eigenvalue weighted by Gasteiger charge is 2.04. The van der Waals surface area contributed by atoms with E-state index in [1.807, 2.05) is 12.1 Å². The van der Waals surface area contributed by atoms with Gasteiger partial charge in [0.05, 0.1) is 10.7 Å². The number of hydrogen-bond donors (Lipinski definition) is 0. The molecule has 0 N–H and O–H groups in total. The van der Waals surface area contributed by atoms with Crippen molar-refractivity contribution < 1.29 is 0 Å². The van der Waals surface area contributed by atoms with Crippen LogP contribution in [-0.4, -0.2) is 9.97 Å². The smallest absolute Gasteiger partial charge is 0.129 e. The first-order valence-electron chi connectivity index (χ1n) is 4.59. The van der Waals surface area contributed by atoms with Crippen LogP contribution in [0.1, 0.15) is 5.69 Å². The van der Waals surface area contributed by atoms with Crippen molar-refractivity contribution >= 4 is 35.0 Å². The Morgan fingerprint density at radius 2 is 1.81 bits per heavy atom. The molecule has 0 saturated heterocycles. The summed E-state index contributed by atoms with van der Waals surface area (Å²) in [5.41, 5.74) is 0.802. The van der Waals surface area contributed by atoms with Crippen LogP contribution in [0.4, 0.5) is 0 Å². The fourth-order valence-corrected chi connectivity index (χ4v) is 2.40. The second-order valence-electron chi connectivity index (χ2n) is 3.03. The Kier molecular flexibility index (Phi) is 4.04. The molecule has 2 nitrogen and oxygen atoms in total. The van der Waals surface area contributed by atoms with Crippen LogP contribution in [0.5, 0.6) is 0 Å². The van der Waals surface area contributed by atoms with E-state index in [4.69, 9.17) is 23.2 Å². The van der Waals surface area contributed by atoms with Crippen molar-refractivity contribution in [1.29, 1.82) is 0 Å². The fraction of sp³-hybridized carbons (Fsp3) is 0.0909. The predicted octanol–water partition coefficient (Wildman–Crippen LogP) is 4.08. The minimum Gasteiger partial charge on any atom is -0.265 e. The van der Waals surface area contributed by atoms with E-state index in [-0.39, 0.29) is 0 Å². The zero-order valence-electron chi connectivity index (χ0n) is 8.23. The summed E-state index contributed by atoms with van der Waals surface area (Å²) in [5.74, 6) is 0.698. The second kappa shape index (κ2) is 5.53. The second-order valence-corrected chi connectivity index (χ2v) is 4.88. The van der Waals surface area contributed by atoms with Gasteiger partial charge in [-0.15, -0.1) is 11.8 Å². The average Bonchev–Trinajstić information content (AvgIpc) is 2.32. The summed E-state index contributed by atoms with van der Waals surface area (Å²) in [6.07, 6.45) is 3.52. The highest BCUT2D eigenvalue weighted by atomic mass is 35.5. The molecule has 0 atom stereocenters. The van der Waals surface area contributed by atoms with Crippen molar-refractivity contribution in [3.05, 3.63) is 52.5 Å². The van der Waals surface area contributed by atoms with E-state index in [0.717, 1.165) is 10.6 Å². The van der Waals surface area contributed by atoms with E-state index in [0.29, 0.717) is 15.9 Å². The monoisotopic (exact) mass is 270 g/mol. The van der Waals surface area contributed by atoms with Crippen molar-refractivity contribution in [1.82, 2.24) is 9.97 Å². The van der Waals surface area contributed by atoms with Crippen molar-refractivity contribution in [3.8, 4) is 0 Å². The number of thioether (sulfide) groups is 1. The van der Waals surface area contributed by atoms with Gasteiger partial charge in [0.1, 0.15) is 5.15 Å². The van der Waals surface area contributed by atoms with Crippen LogP contribution in [0.3, 0.4) is 0 Å². The summed E-state index contributed by atoms with van der Waals surface area (Å²) in [5, 5.41) is 1.11. The molecule has 2 heterocycles. The molecule has 16 heavy (non-hydrogen) atoms. The molecule has 0 bridgehead atoms. The largest absolute Gasteiger partial charge is 0.265 e. The SMILES string of the molecule is Clc1ccc(Cl)c(CSc2ccncc2)n1. The predicted molar refractivity (Wildman–Crippen MR) is 68.1 cm³/mol. The Labute approximate surface area is 108 Å². The van der Waals surface area contributed by atoms with Crippen LogP contribution in [-0.2, 0) is 5.75 Å². The summed E-state index contributed by atoms with van der Waals surface area (Å²) >= 11 is 13.5. The molecule has 82 valence electrons. The van der Waals surface area contributed by atoms with Crippen LogP contribution >= 0.6 is 35.0 Å². The van der Waals surface area contributed by atoms with Gasteiger partial charge < -0.3 is 0 Å². The molecule has 0 aliphatic rings. The molecule has 0 unspecified atom stereocenters. The molecule has 2 aromatic heterocycles. The fourth-order valence-electron chi connectivity index (χ4n) is 1.15. The molecule has 0 aromatic carbocycles. The highest BCUT2D eigenvalue weighted by Crippen LogP contribution is 2.25. The van der Waals surface area contributed by atoms with Gasteiger partial charge in [0.25, 0.3) is 0 Å². The summed E-state index contributed by atoms with van der Waals surface area (Å²) < 4.78 is 0. The van der Waals surface area contributed by atoms with E-state index in [1.54, 1.807) is 36.3 Å². The normalized spacial score (nSPS) is 10.4. The summed E-state index contributed by atoms with van der Waals surface area (Å²) in [4.78, 5) is 9.27. The molecule has 0 spiro atoms. The van der Waals surface area contributed by atoms with E-state index in [9.17, 15) is 0 Å². The van der Waals surface area contributed by atoms with Gasteiger partial charge in [-0.1, -0.05) is 23.2 Å². The van der Waals surface area contributed by atoms with Gasteiger partial charge in [-0.05, 0) is 24.3 Å². The van der Waals surface area contributed by atoms with E-state index in [1.165, 1.54) is 0 Å². The average molecular weight is 271 g/mol. The topological polar surface area (TPSA) is 25.8 Å². The Bertz CT molecular complexity index is 477. The number of nitrogens with zero attached hydrogens (tertiary/aromatic N) is 2. The molecule has 2 aromatic rings. The van der Waals surface area contributed by atoms with Gasteiger partial charge in [0, 0.05) is 23.0 Å². The standard InChI is InChI=1S/C11H8Cl2N2S/c12-9-1-2-11(13)15-10(9)7-16-8-3-5-14-6-4-8/h1-6H,7H2. The first-order valence-corrected chi connectivity index (χ1v) is 6.33. The number of rotatable bonds is 3. The summed E-state index contributed by atoms with van der Waals surface area (Å²) in [7, 11) is 0. The van der Waals surface area contributed by atoms with Crippen LogP contribution in [0.25, 0.3) is 0 Å². The first kappa shape index (κ1) is 11.7. The maximum atomic E-state index is 6.02. The third-order valence-electron chi connectivity index (χ3n) is 1.91. The van der Waals surface area contributed by atoms with Gasteiger partial charge in [0.2, 0.25) is 0 Å².